The fraction of sp³-hybridized carbons (Fsp3) is 0.435. The van der Waals surface area contributed by atoms with E-state index in [0.717, 1.165) is 29.2 Å². The predicted molar refractivity (Wildman–Crippen MR) is 114 cm³/mol. The fourth-order valence-electron chi connectivity index (χ4n) is 2.56. The summed E-state index contributed by atoms with van der Waals surface area (Å²) in [6, 6.07) is 15.4. The van der Waals surface area contributed by atoms with Crippen LogP contribution in [0, 0.1) is 5.92 Å². The van der Waals surface area contributed by atoms with Crippen molar-refractivity contribution in [2.45, 2.75) is 46.8 Å². The van der Waals surface area contributed by atoms with E-state index in [1.54, 1.807) is 0 Å². The molecule has 0 unspecified atom stereocenters. The van der Waals surface area contributed by atoms with E-state index in [0.29, 0.717) is 19.1 Å². The van der Waals surface area contributed by atoms with E-state index in [2.05, 4.69) is 24.5 Å². The Hall–Kier alpha value is -2.53. The monoisotopic (exact) mass is 384 g/mol. The Morgan fingerprint density at radius 3 is 2.43 bits per heavy atom. The van der Waals surface area contributed by atoms with Crippen LogP contribution in [0.15, 0.2) is 48.5 Å². The summed E-state index contributed by atoms with van der Waals surface area (Å²) in [6.45, 7) is 9.87. The van der Waals surface area contributed by atoms with Gasteiger partial charge in [0.05, 0.1) is 19.3 Å². The second kappa shape index (κ2) is 11.3. The van der Waals surface area contributed by atoms with Gasteiger partial charge >= 0.3 is 0 Å². The molecule has 0 saturated heterocycles. The molecule has 0 spiro atoms. The first kappa shape index (κ1) is 21.8. The third kappa shape index (κ3) is 8.44. The minimum Gasteiger partial charge on any atom is -0.494 e. The first-order valence-electron chi connectivity index (χ1n) is 9.91. The summed E-state index contributed by atoms with van der Waals surface area (Å²) in [5.41, 5.74) is 1.84. The number of amides is 1. The molecule has 0 atom stereocenters. The summed E-state index contributed by atoms with van der Waals surface area (Å²) in [5, 5.41) is 6.06. The van der Waals surface area contributed by atoms with Gasteiger partial charge in [0, 0.05) is 18.3 Å². The maximum absolute atomic E-state index is 12.2. The molecule has 152 valence electrons. The number of rotatable bonds is 11. The lowest BCUT2D eigenvalue weighted by Crippen LogP contribution is -2.27. The zero-order valence-electron chi connectivity index (χ0n) is 17.3. The zero-order chi connectivity index (χ0) is 20.4. The number of benzene rings is 2. The van der Waals surface area contributed by atoms with Gasteiger partial charge in [0.15, 0.2) is 0 Å². The van der Waals surface area contributed by atoms with Crippen LogP contribution in [-0.2, 0) is 11.3 Å². The molecular formula is C23H32N2O3. The second-order valence-electron chi connectivity index (χ2n) is 7.52. The Balaban J connectivity index is 1.73. The average Bonchev–Trinajstić information content (AvgIpc) is 2.63. The zero-order valence-corrected chi connectivity index (χ0v) is 17.3. The summed E-state index contributed by atoms with van der Waals surface area (Å²) in [7, 11) is 0. The van der Waals surface area contributed by atoms with Crippen molar-refractivity contribution in [3.05, 3.63) is 54.1 Å². The van der Waals surface area contributed by atoms with E-state index < -0.39 is 0 Å². The van der Waals surface area contributed by atoms with Gasteiger partial charge in [0.25, 0.3) is 0 Å². The van der Waals surface area contributed by atoms with Crippen LogP contribution >= 0.6 is 0 Å². The number of carbonyl (C=O) groups excluding carboxylic acids is 1. The lowest BCUT2D eigenvalue weighted by Gasteiger charge is -2.11. The molecule has 5 nitrogen and oxygen atoms in total. The smallest absolute Gasteiger partial charge is 0.238 e. The average molecular weight is 385 g/mol. The van der Waals surface area contributed by atoms with E-state index >= 15 is 0 Å². The highest BCUT2D eigenvalue weighted by Gasteiger charge is 2.04. The lowest BCUT2D eigenvalue weighted by atomic mass is 10.1. The molecule has 2 aromatic rings. The van der Waals surface area contributed by atoms with Gasteiger partial charge in [-0.05, 0) is 56.0 Å². The van der Waals surface area contributed by atoms with Crippen LogP contribution in [-0.4, -0.2) is 25.2 Å². The van der Waals surface area contributed by atoms with Gasteiger partial charge in [-0.25, -0.2) is 0 Å². The van der Waals surface area contributed by atoms with Crippen molar-refractivity contribution in [1.29, 1.82) is 0 Å². The predicted octanol–water partition coefficient (Wildman–Crippen LogP) is 4.63. The van der Waals surface area contributed by atoms with Crippen LogP contribution in [0.2, 0.25) is 0 Å². The van der Waals surface area contributed by atoms with E-state index in [-0.39, 0.29) is 18.6 Å². The van der Waals surface area contributed by atoms with E-state index in [9.17, 15) is 4.79 Å². The molecular weight excluding hydrogens is 352 g/mol. The van der Waals surface area contributed by atoms with E-state index in [1.807, 2.05) is 62.4 Å². The Labute approximate surface area is 168 Å². The number of ether oxygens (including phenoxy) is 2. The Morgan fingerprint density at radius 2 is 1.75 bits per heavy atom. The minimum absolute atomic E-state index is 0.0842. The highest BCUT2D eigenvalue weighted by Crippen LogP contribution is 2.18. The van der Waals surface area contributed by atoms with Gasteiger partial charge in [-0.3, -0.25) is 4.79 Å². The van der Waals surface area contributed by atoms with Crippen LogP contribution in [0.5, 0.6) is 11.5 Å². The van der Waals surface area contributed by atoms with Crippen LogP contribution in [0.3, 0.4) is 0 Å². The van der Waals surface area contributed by atoms with Crippen molar-refractivity contribution in [2.75, 3.05) is 18.5 Å². The molecule has 0 bridgehead atoms. The molecule has 2 rings (SSSR count). The summed E-state index contributed by atoms with van der Waals surface area (Å²) in [6.07, 6.45) is 1.16. The van der Waals surface area contributed by atoms with Crippen molar-refractivity contribution in [3.8, 4) is 11.5 Å². The molecule has 28 heavy (non-hydrogen) atoms. The molecule has 2 N–H and O–H groups in total. The van der Waals surface area contributed by atoms with Crippen molar-refractivity contribution in [1.82, 2.24) is 5.32 Å². The number of carbonyl (C=O) groups is 1. The van der Waals surface area contributed by atoms with Crippen molar-refractivity contribution >= 4 is 11.6 Å². The van der Waals surface area contributed by atoms with Crippen LogP contribution in [0.25, 0.3) is 0 Å². The van der Waals surface area contributed by atoms with Crippen molar-refractivity contribution < 1.29 is 14.3 Å². The van der Waals surface area contributed by atoms with Crippen LogP contribution in [0.1, 0.15) is 39.7 Å². The molecule has 2 aromatic carbocycles. The standard InChI is InChI=1S/C23H32N2O3/c1-17(2)12-13-27-22-7-5-6-20(14-22)25-23(26)16-24-15-19-8-10-21(11-9-19)28-18(3)4/h5-11,14,17-18,24H,12-13,15-16H2,1-4H3,(H,25,26). The topological polar surface area (TPSA) is 59.6 Å². The van der Waals surface area contributed by atoms with Gasteiger partial charge in [-0.15, -0.1) is 0 Å². The minimum atomic E-state index is -0.0842. The molecule has 0 heterocycles. The van der Waals surface area contributed by atoms with Gasteiger partial charge in [0.2, 0.25) is 5.91 Å². The quantitative estimate of drug-likeness (QED) is 0.593. The van der Waals surface area contributed by atoms with Crippen molar-refractivity contribution in [2.24, 2.45) is 5.92 Å². The largest absolute Gasteiger partial charge is 0.494 e. The molecule has 0 aliphatic heterocycles. The third-order valence-electron chi connectivity index (χ3n) is 3.99. The maximum atomic E-state index is 12.2. The highest BCUT2D eigenvalue weighted by atomic mass is 16.5. The normalized spacial score (nSPS) is 10.9. The molecule has 0 fully saturated rings. The third-order valence-corrected chi connectivity index (χ3v) is 3.99. The lowest BCUT2D eigenvalue weighted by molar-refractivity contribution is -0.115. The van der Waals surface area contributed by atoms with E-state index in [4.69, 9.17) is 9.47 Å². The fourth-order valence-corrected chi connectivity index (χ4v) is 2.56. The Kier molecular flexibility index (Phi) is 8.82. The summed E-state index contributed by atoms with van der Waals surface area (Å²) in [5.74, 6) is 2.15. The molecule has 5 heteroatoms. The van der Waals surface area contributed by atoms with Gasteiger partial charge < -0.3 is 20.1 Å². The summed E-state index contributed by atoms with van der Waals surface area (Å²) < 4.78 is 11.4. The summed E-state index contributed by atoms with van der Waals surface area (Å²) in [4.78, 5) is 12.2. The Bertz CT molecular complexity index is 727. The van der Waals surface area contributed by atoms with Gasteiger partial charge in [0.1, 0.15) is 11.5 Å². The van der Waals surface area contributed by atoms with Gasteiger partial charge in [-0.1, -0.05) is 32.0 Å². The number of nitrogens with one attached hydrogen (secondary N) is 2. The molecule has 0 aliphatic carbocycles. The molecule has 1 amide bonds. The van der Waals surface area contributed by atoms with Crippen LogP contribution in [0.4, 0.5) is 5.69 Å². The highest BCUT2D eigenvalue weighted by molar-refractivity contribution is 5.92. The van der Waals surface area contributed by atoms with Crippen molar-refractivity contribution in [3.63, 3.8) is 0 Å². The number of hydrogen-bond acceptors (Lipinski definition) is 4. The molecule has 0 radical (unpaired) electrons. The Morgan fingerprint density at radius 1 is 1.00 bits per heavy atom. The molecule has 0 aliphatic rings. The first-order chi connectivity index (χ1) is 13.4. The maximum Gasteiger partial charge on any atom is 0.238 e. The first-order valence-corrected chi connectivity index (χ1v) is 9.91. The number of anilines is 1. The second-order valence-corrected chi connectivity index (χ2v) is 7.52. The summed E-state index contributed by atoms with van der Waals surface area (Å²) >= 11 is 0. The van der Waals surface area contributed by atoms with Gasteiger partial charge in [-0.2, -0.15) is 0 Å². The van der Waals surface area contributed by atoms with E-state index in [1.165, 1.54) is 0 Å². The molecule has 0 aromatic heterocycles. The number of hydrogen-bond donors (Lipinski definition) is 2. The molecule has 0 saturated carbocycles. The van der Waals surface area contributed by atoms with Crippen LogP contribution < -0.4 is 20.1 Å². The SMILES string of the molecule is CC(C)CCOc1cccc(NC(=O)CNCc2ccc(OC(C)C)cc2)c1.